The lowest BCUT2D eigenvalue weighted by Gasteiger charge is -2.16. The van der Waals surface area contributed by atoms with Crippen LogP contribution in [0, 0.1) is 0 Å². The molecule has 0 bridgehead atoms. The summed E-state index contributed by atoms with van der Waals surface area (Å²) in [7, 11) is 3.25. The van der Waals surface area contributed by atoms with Gasteiger partial charge in [-0.3, -0.25) is 0 Å². The second-order valence-electron chi connectivity index (χ2n) is 5.02. The van der Waals surface area contributed by atoms with Crippen molar-refractivity contribution in [3.05, 3.63) is 17.2 Å². The molecule has 0 radical (unpaired) electrons. The predicted octanol–water partition coefficient (Wildman–Crippen LogP) is 3.26. The third-order valence-corrected chi connectivity index (χ3v) is 3.93. The number of ether oxygens (including phenoxy) is 2. The lowest BCUT2D eigenvalue weighted by atomic mass is 10.2. The molecule has 0 amide bonds. The van der Waals surface area contributed by atoms with Crippen LogP contribution in [0.2, 0.25) is 5.02 Å². The normalized spacial score (nSPS) is 15.3. The molecule has 0 atom stereocenters. The Morgan fingerprint density at radius 3 is 2.50 bits per heavy atom. The zero-order valence-corrected chi connectivity index (χ0v) is 13.0. The molecule has 0 aliphatic carbocycles. The highest BCUT2D eigenvalue weighted by molar-refractivity contribution is 6.32. The van der Waals surface area contributed by atoms with E-state index < -0.39 is 0 Å². The quantitative estimate of drug-likeness (QED) is 0.784. The van der Waals surface area contributed by atoms with E-state index >= 15 is 0 Å². The fraction of sp³-hybridized carbons (Fsp3) is 0.600. The first kappa shape index (κ1) is 15.3. The van der Waals surface area contributed by atoms with Crippen LogP contribution >= 0.6 is 11.6 Å². The zero-order valence-electron chi connectivity index (χ0n) is 12.2. The average Bonchev–Trinajstić information content (AvgIpc) is 2.97. The van der Waals surface area contributed by atoms with Crippen LogP contribution in [0.1, 0.15) is 19.3 Å². The minimum absolute atomic E-state index is 0.593. The van der Waals surface area contributed by atoms with E-state index in [9.17, 15) is 0 Å². The third-order valence-electron chi connectivity index (χ3n) is 3.64. The predicted molar refractivity (Wildman–Crippen MR) is 83.3 cm³/mol. The maximum atomic E-state index is 6.15. The Morgan fingerprint density at radius 1 is 1.15 bits per heavy atom. The summed E-state index contributed by atoms with van der Waals surface area (Å²) >= 11 is 6.15. The van der Waals surface area contributed by atoms with E-state index in [0.29, 0.717) is 10.8 Å². The minimum Gasteiger partial charge on any atom is -0.495 e. The van der Waals surface area contributed by atoms with E-state index in [0.717, 1.165) is 30.9 Å². The SMILES string of the molecule is COc1cc(OC)c(NCCCN2CCCC2)cc1Cl. The van der Waals surface area contributed by atoms with Crippen molar-refractivity contribution in [2.75, 3.05) is 45.7 Å². The van der Waals surface area contributed by atoms with Crippen LogP contribution in [0.5, 0.6) is 11.5 Å². The number of anilines is 1. The summed E-state index contributed by atoms with van der Waals surface area (Å²) in [5.41, 5.74) is 0.916. The Hall–Kier alpha value is -1.13. The molecule has 1 aliphatic rings. The molecule has 0 spiro atoms. The average molecular weight is 299 g/mol. The summed E-state index contributed by atoms with van der Waals surface area (Å²) < 4.78 is 10.6. The first-order chi connectivity index (χ1) is 9.74. The molecule has 5 heteroatoms. The van der Waals surface area contributed by atoms with Gasteiger partial charge in [-0.25, -0.2) is 0 Å². The number of likely N-dealkylation sites (tertiary alicyclic amines) is 1. The first-order valence-corrected chi connectivity index (χ1v) is 7.50. The van der Waals surface area contributed by atoms with Crippen LogP contribution in [-0.2, 0) is 0 Å². The summed E-state index contributed by atoms with van der Waals surface area (Å²) in [6.45, 7) is 4.56. The van der Waals surface area contributed by atoms with Crippen molar-refractivity contribution in [2.45, 2.75) is 19.3 Å². The van der Waals surface area contributed by atoms with Crippen molar-refractivity contribution in [3.8, 4) is 11.5 Å². The van der Waals surface area contributed by atoms with Gasteiger partial charge in [0.2, 0.25) is 0 Å². The van der Waals surface area contributed by atoms with E-state index in [2.05, 4.69) is 10.2 Å². The minimum atomic E-state index is 0.593. The van der Waals surface area contributed by atoms with Gasteiger partial charge in [-0.1, -0.05) is 11.6 Å². The smallest absolute Gasteiger partial charge is 0.145 e. The maximum Gasteiger partial charge on any atom is 0.145 e. The van der Waals surface area contributed by atoms with Gasteiger partial charge >= 0.3 is 0 Å². The van der Waals surface area contributed by atoms with Gasteiger partial charge in [-0.05, 0) is 45.0 Å². The van der Waals surface area contributed by atoms with Gasteiger partial charge < -0.3 is 19.7 Å². The van der Waals surface area contributed by atoms with Gasteiger partial charge in [0, 0.05) is 12.6 Å². The molecule has 1 heterocycles. The maximum absolute atomic E-state index is 6.15. The molecule has 112 valence electrons. The summed E-state index contributed by atoms with van der Waals surface area (Å²) in [5, 5.41) is 3.98. The molecule has 1 fully saturated rings. The lowest BCUT2D eigenvalue weighted by Crippen LogP contribution is -2.22. The molecule has 1 saturated heterocycles. The second kappa shape index (κ2) is 7.60. The largest absolute Gasteiger partial charge is 0.495 e. The fourth-order valence-electron chi connectivity index (χ4n) is 2.53. The second-order valence-corrected chi connectivity index (χ2v) is 5.42. The summed E-state index contributed by atoms with van der Waals surface area (Å²) in [6, 6.07) is 3.67. The van der Waals surface area contributed by atoms with Gasteiger partial charge in [0.25, 0.3) is 0 Å². The van der Waals surface area contributed by atoms with Crippen molar-refractivity contribution in [3.63, 3.8) is 0 Å². The van der Waals surface area contributed by atoms with Crippen LogP contribution in [0.3, 0.4) is 0 Å². The van der Waals surface area contributed by atoms with Crippen LogP contribution < -0.4 is 14.8 Å². The Morgan fingerprint density at radius 2 is 1.85 bits per heavy atom. The number of rotatable bonds is 7. The van der Waals surface area contributed by atoms with Crippen molar-refractivity contribution in [1.82, 2.24) is 4.90 Å². The third kappa shape index (κ3) is 3.93. The van der Waals surface area contributed by atoms with Crippen molar-refractivity contribution < 1.29 is 9.47 Å². The van der Waals surface area contributed by atoms with Crippen LogP contribution in [0.25, 0.3) is 0 Å². The number of nitrogens with zero attached hydrogens (tertiary/aromatic N) is 1. The highest BCUT2D eigenvalue weighted by atomic mass is 35.5. The number of nitrogens with one attached hydrogen (secondary N) is 1. The molecule has 2 rings (SSSR count). The van der Waals surface area contributed by atoms with Crippen LogP contribution in [0.15, 0.2) is 12.1 Å². The van der Waals surface area contributed by atoms with Crippen LogP contribution in [-0.4, -0.2) is 45.3 Å². The Bertz CT molecular complexity index is 434. The fourth-order valence-corrected chi connectivity index (χ4v) is 2.77. The van der Waals surface area contributed by atoms with Gasteiger partial charge in [0.05, 0.1) is 24.9 Å². The van der Waals surface area contributed by atoms with Gasteiger partial charge in [-0.15, -0.1) is 0 Å². The molecule has 0 saturated carbocycles. The van der Waals surface area contributed by atoms with E-state index in [4.69, 9.17) is 21.1 Å². The number of halogens is 1. The molecule has 0 aromatic heterocycles. The highest BCUT2D eigenvalue weighted by Crippen LogP contribution is 2.35. The van der Waals surface area contributed by atoms with Gasteiger partial charge in [-0.2, -0.15) is 0 Å². The Balaban J connectivity index is 1.86. The molecular weight excluding hydrogens is 276 g/mol. The summed E-state index contributed by atoms with van der Waals surface area (Å²) in [4.78, 5) is 2.51. The number of benzene rings is 1. The Labute approximate surface area is 126 Å². The van der Waals surface area contributed by atoms with Crippen molar-refractivity contribution >= 4 is 17.3 Å². The van der Waals surface area contributed by atoms with E-state index in [-0.39, 0.29) is 0 Å². The number of methoxy groups -OCH3 is 2. The molecular formula is C15H23ClN2O2. The molecule has 1 aliphatic heterocycles. The highest BCUT2D eigenvalue weighted by Gasteiger charge is 2.11. The summed E-state index contributed by atoms with van der Waals surface area (Å²) in [5.74, 6) is 1.39. The monoisotopic (exact) mass is 298 g/mol. The first-order valence-electron chi connectivity index (χ1n) is 7.12. The van der Waals surface area contributed by atoms with Gasteiger partial charge in [0.15, 0.2) is 0 Å². The van der Waals surface area contributed by atoms with E-state index in [1.807, 2.05) is 12.1 Å². The molecule has 20 heavy (non-hydrogen) atoms. The zero-order chi connectivity index (χ0) is 14.4. The molecule has 1 aromatic carbocycles. The molecule has 1 aromatic rings. The lowest BCUT2D eigenvalue weighted by molar-refractivity contribution is 0.337. The topological polar surface area (TPSA) is 33.7 Å². The Kier molecular flexibility index (Phi) is 5.80. The van der Waals surface area contributed by atoms with Crippen molar-refractivity contribution in [1.29, 1.82) is 0 Å². The molecule has 1 N–H and O–H groups in total. The van der Waals surface area contributed by atoms with Gasteiger partial charge in [0.1, 0.15) is 11.5 Å². The van der Waals surface area contributed by atoms with Crippen LogP contribution in [0.4, 0.5) is 5.69 Å². The van der Waals surface area contributed by atoms with E-state index in [1.54, 1.807) is 14.2 Å². The number of hydrogen-bond donors (Lipinski definition) is 1. The molecule has 0 unspecified atom stereocenters. The number of hydrogen-bond acceptors (Lipinski definition) is 4. The molecule has 4 nitrogen and oxygen atoms in total. The van der Waals surface area contributed by atoms with Crippen molar-refractivity contribution in [2.24, 2.45) is 0 Å². The van der Waals surface area contributed by atoms with E-state index in [1.165, 1.54) is 25.9 Å². The summed E-state index contributed by atoms with van der Waals surface area (Å²) in [6.07, 6.45) is 3.80. The standard InChI is InChI=1S/C15H23ClN2O2/c1-19-14-11-15(20-2)13(10-12(14)16)17-6-5-9-18-7-3-4-8-18/h10-11,17H,3-9H2,1-2H3.